The molecule has 0 fully saturated rings. The smallest absolute Gasteiger partial charge is 0.411 e. The fraction of sp³-hybridized carbons (Fsp3) is 0.909. The van der Waals surface area contributed by atoms with E-state index in [-0.39, 0.29) is 21.1 Å². The van der Waals surface area contributed by atoms with E-state index in [4.69, 9.17) is 149 Å². The van der Waals surface area contributed by atoms with Crippen LogP contribution in [-0.4, -0.2) is 134 Å². The first kappa shape index (κ1) is 99.9. The standard InChI is InChI=1S/6C11H23NS2.Mo/c6*1-3-5-7-9-12(11(13)14)10-8-6-4-2;/h6*3-10H2,1-2H3,(H,13,14);/q;;;;;;+6/p-6. The van der Waals surface area contributed by atoms with Gasteiger partial charge in [-0.2, -0.15) is 0 Å². The molecule has 0 aromatic heterocycles. The molecule has 0 aliphatic heterocycles. The molecule has 0 saturated heterocycles. The molecule has 0 aromatic carbocycles. The van der Waals surface area contributed by atoms with E-state index >= 15 is 0 Å². The average Bonchev–Trinajstić information content (AvgIpc) is 3.45. The summed E-state index contributed by atoms with van der Waals surface area (Å²) in [6.45, 7) is 39.3. The molecule has 0 aliphatic carbocycles. The van der Waals surface area contributed by atoms with Crippen molar-refractivity contribution in [3.63, 3.8) is 0 Å². The molecular formula is C66H132MoN6S12. The molecule has 504 valence electrons. The SMILES string of the molecule is CCCCCN(CCCCC)C(=S)[S-].CCCCCN(CCCCC)C(=S)[S-].CCCCCN(CCCCC)C(=S)[S-].CCCCCN(CCCCC)C(=S)[S-].CCCCCN(CCCCC)C(=S)[S-].CCCCCN(CCCCC)C(=S)[S-].[Mo+6]. The van der Waals surface area contributed by atoms with Gasteiger partial charge in [-0.3, -0.25) is 0 Å². The van der Waals surface area contributed by atoms with Crippen molar-refractivity contribution in [3.05, 3.63) is 0 Å². The number of hydrogen-bond acceptors (Lipinski definition) is 12. The van der Waals surface area contributed by atoms with Crippen LogP contribution in [0.2, 0.25) is 0 Å². The molecule has 0 saturated carbocycles. The van der Waals surface area contributed by atoms with Crippen LogP contribution in [0.25, 0.3) is 0 Å². The summed E-state index contributed by atoms with van der Waals surface area (Å²) >= 11 is 60.7. The molecule has 0 radical (unpaired) electrons. The molecule has 0 N–H and O–H groups in total. The maximum absolute atomic E-state index is 5.06. The molecule has 0 atom stereocenters. The van der Waals surface area contributed by atoms with Crippen LogP contribution < -0.4 is 0 Å². The van der Waals surface area contributed by atoms with Gasteiger partial charge in [-0.05, 0) is 77.0 Å². The Morgan fingerprint density at radius 1 is 0.176 bits per heavy atom. The van der Waals surface area contributed by atoms with Crippen LogP contribution in [-0.2, 0) is 96.8 Å². The molecule has 0 spiro atoms. The van der Waals surface area contributed by atoms with E-state index < -0.39 is 0 Å². The molecule has 0 bridgehead atoms. The molecular weight excluding hydrogens is 1360 g/mol. The van der Waals surface area contributed by atoms with Gasteiger partial charge in [0.15, 0.2) is 0 Å². The van der Waals surface area contributed by atoms with Gasteiger partial charge in [-0.1, -0.05) is 263 Å². The fourth-order valence-corrected chi connectivity index (χ4v) is 10.6. The average molecular weight is 1490 g/mol. The van der Waals surface area contributed by atoms with E-state index in [2.05, 4.69) is 112 Å². The van der Waals surface area contributed by atoms with Gasteiger partial charge in [0.25, 0.3) is 0 Å². The zero-order chi connectivity index (χ0) is 64.9. The number of unbranched alkanes of at least 4 members (excludes halogenated alkanes) is 24. The summed E-state index contributed by atoms with van der Waals surface area (Å²) in [6.07, 6.45) is 45.1. The van der Waals surface area contributed by atoms with Gasteiger partial charge in [-0.15, -0.1) is 0 Å². The third kappa shape index (κ3) is 81.4. The number of thiocarbonyl (C=S) groups is 6. The third-order valence-electron chi connectivity index (χ3n) is 13.9. The normalized spacial score (nSPS) is 10.0. The van der Waals surface area contributed by atoms with Gasteiger partial charge in [0.1, 0.15) is 0 Å². The Bertz CT molecular complexity index is 1100. The van der Waals surface area contributed by atoms with Crippen LogP contribution in [0, 0.1) is 0 Å². The van der Waals surface area contributed by atoms with Crippen molar-refractivity contribution in [2.75, 3.05) is 78.5 Å². The molecule has 6 nitrogen and oxygen atoms in total. The molecule has 0 heterocycles. The van der Waals surface area contributed by atoms with E-state index in [9.17, 15) is 0 Å². The van der Waals surface area contributed by atoms with Crippen molar-refractivity contribution in [2.24, 2.45) is 0 Å². The van der Waals surface area contributed by atoms with Crippen LogP contribution in [0.3, 0.4) is 0 Å². The van der Waals surface area contributed by atoms with E-state index in [0.29, 0.717) is 25.9 Å². The Labute approximate surface area is 612 Å². The predicted octanol–water partition coefficient (Wildman–Crippen LogP) is 21.0. The Morgan fingerprint density at radius 2 is 0.247 bits per heavy atom. The van der Waals surface area contributed by atoms with Crippen LogP contribution >= 0.6 is 73.3 Å². The fourth-order valence-electron chi connectivity index (χ4n) is 8.40. The van der Waals surface area contributed by atoms with Crippen molar-refractivity contribution in [2.45, 2.75) is 314 Å². The van der Waals surface area contributed by atoms with Gasteiger partial charge < -0.3 is 178 Å². The first-order valence-electron chi connectivity index (χ1n) is 34.1. The maximum Gasteiger partial charge on any atom is 6.00 e. The Hall–Kier alpha value is 1.35. The summed E-state index contributed by atoms with van der Waals surface area (Å²) in [5.41, 5.74) is 0. The number of hydrogen-bond donors (Lipinski definition) is 0. The van der Waals surface area contributed by atoms with Crippen molar-refractivity contribution >= 4 is 175 Å². The molecule has 19 heteroatoms. The largest absolute Gasteiger partial charge is 6.00 e. The summed E-state index contributed by atoms with van der Waals surface area (Å²) in [4.78, 5) is 13.1. The number of rotatable bonds is 48. The predicted molar refractivity (Wildman–Crippen MR) is 424 cm³/mol. The van der Waals surface area contributed by atoms with Gasteiger partial charge in [0, 0.05) is 78.5 Å². The number of nitrogens with zero attached hydrogens (tertiary/aromatic N) is 6. The van der Waals surface area contributed by atoms with Crippen LogP contribution in [0.4, 0.5) is 0 Å². The second-order valence-corrected chi connectivity index (χ2v) is 28.2. The van der Waals surface area contributed by atoms with Crippen molar-refractivity contribution in [1.29, 1.82) is 0 Å². The van der Waals surface area contributed by atoms with E-state index in [1.165, 1.54) is 231 Å². The minimum atomic E-state index is 0. The summed E-state index contributed by atoms with van der Waals surface area (Å²) in [7, 11) is 0. The minimum absolute atomic E-state index is 0. The quantitative estimate of drug-likeness (QED) is 0.0249. The van der Waals surface area contributed by atoms with E-state index in [1.54, 1.807) is 0 Å². The van der Waals surface area contributed by atoms with Crippen molar-refractivity contribution in [1.82, 2.24) is 29.4 Å². The van der Waals surface area contributed by atoms with Crippen LogP contribution in [0.15, 0.2) is 0 Å². The van der Waals surface area contributed by atoms with Crippen molar-refractivity contribution < 1.29 is 21.1 Å². The summed E-state index contributed by atoms with van der Waals surface area (Å²) in [6, 6.07) is 0. The molecule has 85 heavy (non-hydrogen) atoms. The Morgan fingerprint density at radius 3 is 0.294 bits per heavy atom. The minimum Gasteiger partial charge on any atom is -0.411 e. The Balaban J connectivity index is -0.000000171. The molecule has 0 unspecified atom stereocenters. The molecule has 0 amide bonds. The van der Waals surface area contributed by atoms with E-state index in [1.807, 2.05) is 0 Å². The molecule has 0 aromatic rings. The summed E-state index contributed by atoms with van der Waals surface area (Å²) < 4.78 is 3.90. The second-order valence-electron chi connectivity index (χ2n) is 22.0. The first-order valence-corrected chi connectivity index (χ1v) is 39.0. The first-order chi connectivity index (χ1) is 40.3. The maximum atomic E-state index is 5.06. The summed E-state index contributed by atoms with van der Waals surface area (Å²) in [5.74, 6) is 0. The van der Waals surface area contributed by atoms with Gasteiger partial charge in [-0.25, -0.2) is 0 Å². The second kappa shape index (κ2) is 83.4. The van der Waals surface area contributed by atoms with Crippen LogP contribution in [0.5, 0.6) is 0 Å². The zero-order valence-corrected chi connectivity index (χ0v) is 68.7. The third-order valence-corrected chi connectivity index (χ3v) is 17.0. The van der Waals surface area contributed by atoms with Gasteiger partial charge in [0.05, 0.1) is 0 Å². The zero-order valence-electron chi connectivity index (χ0n) is 56.9. The van der Waals surface area contributed by atoms with Gasteiger partial charge >= 0.3 is 21.1 Å². The van der Waals surface area contributed by atoms with Crippen LogP contribution in [0.1, 0.15) is 314 Å². The van der Waals surface area contributed by atoms with E-state index in [0.717, 1.165) is 78.5 Å². The van der Waals surface area contributed by atoms with Gasteiger partial charge in [0.2, 0.25) is 0 Å². The molecule has 0 aliphatic rings. The molecule has 0 rings (SSSR count). The van der Waals surface area contributed by atoms with Crippen molar-refractivity contribution in [3.8, 4) is 0 Å². The topological polar surface area (TPSA) is 19.4 Å². The Kier molecular flexibility index (Phi) is 98.0. The summed E-state index contributed by atoms with van der Waals surface area (Å²) in [5, 5.41) is 0. The monoisotopic (exact) mass is 1490 g/mol.